The molecule has 0 fully saturated rings. The molecule has 0 aromatic carbocycles. The molecule has 0 aliphatic carbocycles. The van der Waals surface area contributed by atoms with Crippen LogP contribution in [0, 0.1) is 20.8 Å². The molecule has 0 unspecified atom stereocenters. The molecule has 0 aliphatic rings. The van der Waals surface area contributed by atoms with E-state index in [0.29, 0.717) is 24.6 Å². The third-order valence-corrected chi connectivity index (χ3v) is 2.91. The maximum Gasteiger partial charge on any atom is 0.270 e. The van der Waals surface area contributed by atoms with Crippen LogP contribution in [0.3, 0.4) is 0 Å². The van der Waals surface area contributed by atoms with E-state index in [0.717, 1.165) is 17.1 Å². The summed E-state index contributed by atoms with van der Waals surface area (Å²) in [5, 5.41) is 6.01. The first kappa shape index (κ1) is 14.9. The van der Waals surface area contributed by atoms with Gasteiger partial charge >= 0.3 is 0 Å². The van der Waals surface area contributed by atoms with Crippen molar-refractivity contribution in [1.82, 2.24) is 20.3 Å². The van der Waals surface area contributed by atoms with Gasteiger partial charge in [0.1, 0.15) is 17.3 Å². The van der Waals surface area contributed by atoms with Crippen molar-refractivity contribution in [2.75, 3.05) is 18.4 Å². The average molecular weight is 285 g/mol. The van der Waals surface area contributed by atoms with Gasteiger partial charge in [-0.05, 0) is 38.5 Å². The summed E-state index contributed by atoms with van der Waals surface area (Å²) in [6, 6.07) is 5.56. The fourth-order valence-corrected chi connectivity index (χ4v) is 1.95. The average Bonchev–Trinajstić information content (AvgIpc) is 2.44. The molecule has 6 heteroatoms. The molecular weight excluding hydrogens is 266 g/mol. The van der Waals surface area contributed by atoms with Crippen molar-refractivity contribution in [2.45, 2.75) is 20.8 Å². The molecule has 0 bridgehead atoms. The Hall–Kier alpha value is -2.50. The summed E-state index contributed by atoms with van der Waals surface area (Å²) in [6.07, 6.45) is 1.74. The lowest BCUT2D eigenvalue weighted by atomic mass is 10.3. The second-order valence-electron chi connectivity index (χ2n) is 4.79. The molecular formula is C15H19N5O. The SMILES string of the molecule is Cc1cc(C(=O)NCCNc2ncccc2C)nc(C)n1. The van der Waals surface area contributed by atoms with Gasteiger partial charge in [-0.3, -0.25) is 4.79 Å². The normalized spacial score (nSPS) is 10.2. The highest BCUT2D eigenvalue weighted by Crippen LogP contribution is 2.07. The highest BCUT2D eigenvalue weighted by molar-refractivity contribution is 5.92. The zero-order valence-corrected chi connectivity index (χ0v) is 12.5. The van der Waals surface area contributed by atoms with Gasteiger partial charge in [-0.2, -0.15) is 0 Å². The lowest BCUT2D eigenvalue weighted by molar-refractivity contribution is 0.0949. The topological polar surface area (TPSA) is 79.8 Å². The summed E-state index contributed by atoms with van der Waals surface area (Å²) in [6.45, 7) is 6.70. The van der Waals surface area contributed by atoms with Crippen molar-refractivity contribution in [3.63, 3.8) is 0 Å². The predicted octanol–water partition coefficient (Wildman–Crippen LogP) is 1.64. The van der Waals surface area contributed by atoms with Crippen LogP contribution in [0.1, 0.15) is 27.6 Å². The van der Waals surface area contributed by atoms with E-state index in [1.165, 1.54) is 0 Å². The minimum atomic E-state index is -0.192. The summed E-state index contributed by atoms with van der Waals surface area (Å²) in [5.41, 5.74) is 2.26. The molecule has 2 heterocycles. The smallest absolute Gasteiger partial charge is 0.270 e. The summed E-state index contributed by atoms with van der Waals surface area (Å²) in [4.78, 5) is 24.5. The van der Waals surface area contributed by atoms with Crippen LogP contribution in [0.5, 0.6) is 0 Å². The highest BCUT2D eigenvalue weighted by Gasteiger charge is 2.08. The number of carbonyl (C=O) groups is 1. The fourth-order valence-electron chi connectivity index (χ4n) is 1.95. The van der Waals surface area contributed by atoms with Crippen LogP contribution in [-0.4, -0.2) is 33.9 Å². The van der Waals surface area contributed by atoms with Crippen LogP contribution < -0.4 is 10.6 Å². The minimum absolute atomic E-state index is 0.192. The Morgan fingerprint density at radius 3 is 2.71 bits per heavy atom. The number of carbonyl (C=O) groups excluding carboxylic acids is 1. The van der Waals surface area contributed by atoms with E-state index in [9.17, 15) is 4.79 Å². The van der Waals surface area contributed by atoms with Crippen LogP contribution >= 0.6 is 0 Å². The lowest BCUT2D eigenvalue weighted by Gasteiger charge is -2.09. The van der Waals surface area contributed by atoms with E-state index in [2.05, 4.69) is 25.6 Å². The maximum atomic E-state index is 12.0. The van der Waals surface area contributed by atoms with E-state index in [4.69, 9.17) is 0 Å². The number of hydrogen-bond donors (Lipinski definition) is 2. The standard InChI is InChI=1S/C15H19N5O/c1-10-5-4-6-16-14(10)17-7-8-18-15(21)13-9-11(2)19-12(3)20-13/h4-6,9H,7-8H2,1-3H3,(H,16,17)(H,18,21). The molecule has 0 radical (unpaired) electrons. The molecule has 1 amide bonds. The Balaban J connectivity index is 1.83. The molecule has 110 valence electrons. The number of aryl methyl sites for hydroxylation is 3. The molecule has 2 rings (SSSR count). The number of nitrogens with one attached hydrogen (secondary N) is 2. The molecule has 2 aromatic rings. The van der Waals surface area contributed by atoms with E-state index < -0.39 is 0 Å². The van der Waals surface area contributed by atoms with Gasteiger partial charge in [0.05, 0.1) is 0 Å². The molecule has 6 nitrogen and oxygen atoms in total. The number of anilines is 1. The van der Waals surface area contributed by atoms with Crippen LogP contribution in [-0.2, 0) is 0 Å². The van der Waals surface area contributed by atoms with Crippen LogP contribution in [0.2, 0.25) is 0 Å². The van der Waals surface area contributed by atoms with Crippen LogP contribution in [0.25, 0.3) is 0 Å². The van der Waals surface area contributed by atoms with Crippen molar-refractivity contribution in [1.29, 1.82) is 0 Å². The van der Waals surface area contributed by atoms with Gasteiger partial charge in [0, 0.05) is 25.0 Å². The van der Waals surface area contributed by atoms with Gasteiger partial charge in [-0.25, -0.2) is 15.0 Å². The quantitative estimate of drug-likeness (QED) is 0.816. The number of pyridine rings is 1. The van der Waals surface area contributed by atoms with Crippen LogP contribution in [0.4, 0.5) is 5.82 Å². The summed E-state index contributed by atoms with van der Waals surface area (Å²) in [5.74, 6) is 1.24. The fraction of sp³-hybridized carbons (Fsp3) is 0.333. The molecule has 2 aromatic heterocycles. The highest BCUT2D eigenvalue weighted by atomic mass is 16.1. The molecule has 0 aliphatic heterocycles. The Morgan fingerprint density at radius 1 is 1.19 bits per heavy atom. The van der Waals surface area contributed by atoms with Gasteiger partial charge in [-0.1, -0.05) is 6.07 Å². The van der Waals surface area contributed by atoms with E-state index >= 15 is 0 Å². The van der Waals surface area contributed by atoms with Gasteiger partial charge < -0.3 is 10.6 Å². The van der Waals surface area contributed by atoms with Crippen molar-refractivity contribution < 1.29 is 4.79 Å². The van der Waals surface area contributed by atoms with Crippen molar-refractivity contribution in [3.8, 4) is 0 Å². The van der Waals surface area contributed by atoms with Gasteiger partial charge in [-0.15, -0.1) is 0 Å². The summed E-state index contributed by atoms with van der Waals surface area (Å²) < 4.78 is 0. The zero-order chi connectivity index (χ0) is 15.2. The summed E-state index contributed by atoms with van der Waals surface area (Å²) >= 11 is 0. The Kier molecular flexibility index (Phi) is 4.81. The number of rotatable bonds is 5. The monoisotopic (exact) mass is 285 g/mol. The van der Waals surface area contributed by atoms with E-state index in [1.54, 1.807) is 19.2 Å². The lowest BCUT2D eigenvalue weighted by Crippen LogP contribution is -2.30. The third-order valence-electron chi connectivity index (χ3n) is 2.91. The Morgan fingerprint density at radius 2 is 2.00 bits per heavy atom. The molecule has 0 saturated carbocycles. The maximum absolute atomic E-state index is 12.0. The Labute approximate surface area is 124 Å². The zero-order valence-electron chi connectivity index (χ0n) is 12.5. The third kappa shape index (κ3) is 4.24. The second kappa shape index (κ2) is 6.78. The number of nitrogens with zero attached hydrogens (tertiary/aromatic N) is 3. The predicted molar refractivity (Wildman–Crippen MR) is 81.3 cm³/mol. The minimum Gasteiger partial charge on any atom is -0.368 e. The largest absolute Gasteiger partial charge is 0.368 e. The first-order valence-corrected chi connectivity index (χ1v) is 6.82. The summed E-state index contributed by atoms with van der Waals surface area (Å²) in [7, 11) is 0. The van der Waals surface area contributed by atoms with Gasteiger partial charge in [0.15, 0.2) is 0 Å². The van der Waals surface area contributed by atoms with E-state index in [1.807, 2.05) is 26.0 Å². The number of hydrogen-bond acceptors (Lipinski definition) is 5. The van der Waals surface area contributed by atoms with Crippen molar-refractivity contribution in [3.05, 3.63) is 47.2 Å². The van der Waals surface area contributed by atoms with Crippen molar-refractivity contribution >= 4 is 11.7 Å². The molecule has 0 saturated heterocycles. The van der Waals surface area contributed by atoms with Crippen LogP contribution in [0.15, 0.2) is 24.4 Å². The molecule has 0 spiro atoms. The molecule has 0 atom stereocenters. The van der Waals surface area contributed by atoms with Gasteiger partial charge in [0.2, 0.25) is 0 Å². The first-order valence-electron chi connectivity index (χ1n) is 6.82. The molecule has 21 heavy (non-hydrogen) atoms. The first-order chi connectivity index (χ1) is 10.1. The van der Waals surface area contributed by atoms with E-state index in [-0.39, 0.29) is 5.91 Å². The molecule has 2 N–H and O–H groups in total. The Bertz CT molecular complexity index is 621. The van der Waals surface area contributed by atoms with Gasteiger partial charge in [0.25, 0.3) is 5.91 Å². The number of aromatic nitrogens is 3. The second-order valence-corrected chi connectivity index (χ2v) is 4.79. The van der Waals surface area contributed by atoms with Crippen molar-refractivity contribution in [2.24, 2.45) is 0 Å². The number of amides is 1.